The fraction of sp³-hybridized carbons (Fsp3) is 0.514. The minimum Gasteiger partial charge on any atom is -0.397 e. The number of H-pyrrole nitrogens is 1. The van der Waals surface area contributed by atoms with Crippen molar-refractivity contribution < 1.29 is 22.8 Å². The highest BCUT2D eigenvalue weighted by atomic mass is 79.9. The van der Waals surface area contributed by atoms with Crippen LogP contribution in [0.3, 0.4) is 0 Å². The van der Waals surface area contributed by atoms with Crippen molar-refractivity contribution in [2.75, 3.05) is 45.0 Å². The van der Waals surface area contributed by atoms with E-state index in [1.165, 1.54) is 36.0 Å². The van der Waals surface area contributed by atoms with Crippen molar-refractivity contribution in [3.8, 4) is 11.3 Å². The van der Waals surface area contributed by atoms with Gasteiger partial charge in [-0.25, -0.2) is 9.59 Å². The van der Waals surface area contributed by atoms with Crippen LogP contribution in [-0.2, 0) is 17.4 Å². The third-order valence-electron chi connectivity index (χ3n) is 10.2. The maximum absolute atomic E-state index is 14.0. The normalized spacial score (nSPS) is 19.1. The zero-order valence-corrected chi connectivity index (χ0v) is 30.8. The van der Waals surface area contributed by atoms with Gasteiger partial charge >= 0.3 is 17.9 Å². The van der Waals surface area contributed by atoms with Gasteiger partial charge in [-0.1, -0.05) is 18.6 Å². The van der Waals surface area contributed by atoms with E-state index in [-0.39, 0.29) is 30.0 Å². The van der Waals surface area contributed by atoms with Gasteiger partial charge in [0.25, 0.3) is 0 Å². The number of anilines is 1. The van der Waals surface area contributed by atoms with E-state index in [1.807, 2.05) is 17.0 Å². The van der Waals surface area contributed by atoms with Crippen molar-refractivity contribution in [3.05, 3.63) is 73.2 Å². The predicted molar refractivity (Wildman–Crippen MR) is 193 cm³/mol. The van der Waals surface area contributed by atoms with Crippen LogP contribution in [0.5, 0.6) is 0 Å². The SMILES string of the molecule is Nc1c(Br)cc(C[C@@H](NC(=O)N2CCC(n3cc(-c4cccc(C(F)(F)F)c4)[nH]c3=O)CC2)C(=O)N2CCC(N3CCCCC3)CC2)cc1Br. The highest BCUT2D eigenvalue weighted by Crippen LogP contribution is 2.33. The molecule has 0 unspecified atom stereocenters. The van der Waals surface area contributed by atoms with Crippen molar-refractivity contribution in [2.24, 2.45) is 0 Å². The number of nitrogens with zero attached hydrogens (tertiary/aromatic N) is 4. The Bertz CT molecular complexity index is 1720. The molecule has 50 heavy (non-hydrogen) atoms. The van der Waals surface area contributed by atoms with Gasteiger partial charge in [-0.15, -0.1) is 0 Å². The molecular formula is C35H42Br2F3N7O3. The molecule has 4 N–H and O–H groups in total. The Morgan fingerprint density at radius 1 is 0.900 bits per heavy atom. The number of carbonyl (C=O) groups excluding carboxylic acids is 2. The van der Waals surface area contributed by atoms with Crippen LogP contribution in [0.1, 0.15) is 62.1 Å². The van der Waals surface area contributed by atoms with Crippen molar-refractivity contribution in [1.29, 1.82) is 0 Å². The summed E-state index contributed by atoms with van der Waals surface area (Å²) in [6.45, 7) is 4.19. The highest BCUT2D eigenvalue weighted by Gasteiger charge is 2.34. The summed E-state index contributed by atoms with van der Waals surface area (Å²) >= 11 is 6.98. The molecule has 10 nitrogen and oxygen atoms in total. The quantitative estimate of drug-likeness (QED) is 0.239. The molecular weight excluding hydrogens is 783 g/mol. The molecule has 0 bridgehead atoms. The highest BCUT2D eigenvalue weighted by molar-refractivity contribution is 9.11. The molecule has 0 saturated carbocycles. The molecule has 0 spiro atoms. The first-order chi connectivity index (χ1) is 23.9. The number of nitrogens with one attached hydrogen (secondary N) is 2. The first-order valence-corrected chi connectivity index (χ1v) is 18.8. The summed E-state index contributed by atoms with van der Waals surface area (Å²) in [5.41, 5.74) is 6.84. The smallest absolute Gasteiger partial charge is 0.397 e. The lowest BCUT2D eigenvalue weighted by atomic mass is 9.98. The summed E-state index contributed by atoms with van der Waals surface area (Å²) in [6.07, 6.45) is 3.80. The van der Waals surface area contributed by atoms with Gasteiger partial charge in [-0.3, -0.25) is 9.36 Å². The number of imidazole rings is 1. The summed E-state index contributed by atoms with van der Waals surface area (Å²) in [7, 11) is 0. The molecule has 0 radical (unpaired) electrons. The Hall–Kier alpha value is -3.30. The number of aromatic nitrogens is 2. The van der Waals surface area contributed by atoms with Crippen molar-refractivity contribution in [3.63, 3.8) is 0 Å². The van der Waals surface area contributed by atoms with Crippen LogP contribution >= 0.6 is 31.9 Å². The van der Waals surface area contributed by atoms with Crippen molar-refractivity contribution >= 4 is 49.5 Å². The number of benzene rings is 2. The molecule has 3 aliphatic rings. The van der Waals surface area contributed by atoms with Crippen LogP contribution in [0.2, 0.25) is 0 Å². The average Bonchev–Trinajstić information content (AvgIpc) is 3.51. The fourth-order valence-electron chi connectivity index (χ4n) is 7.42. The standard InChI is InChI=1S/C35H42Br2F3N7O3/c36-27-17-22(18-28(37)31(27)41)19-29(32(48)45-13-7-25(8-14-45)44-11-2-1-3-12-44)42-33(49)46-15-9-26(10-16-46)47-21-30(43-34(47)50)23-5-4-6-24(20-23)35(38,39)40/h4-6,17-18,20-21,25-26,29H,1-3,7-16,19,41H2,(H,42,49)(H,43,50)/t29-/m1/s1. The number of urea groups is 1. The Balaban J connectivity index is 1.11. The molecule has 3 amide bonds. The van der Waals surface area contributed by atoms with E-state index in [1.54, 1.807) is 11.1 Å². The number of piperidine rings is 3. The monoisotopic (exact) mass is 823 g/mol. The van der Waals surface area contributed by atoms with E-state index in [0.29, 0.717) is 65.4 Å². The molecule has 3 aromatic rings. The number of aromatic amines is 1. The lowest BCUT2D eigenvalue weighted by Crippen LogP contribution is -2.56. The maximum Gasteiger partial charge on any atom is 0.416 e. The molecule has 3 saturated heterocycles. The molecule has 6 rings (SSSR count). The Labute approximate surface area is 305 Å². The number of halogens is 5. The van der Waals surface area contributed by atoms with Crippen molar-refractivity contribution in [2.45, 2.75) is 75.7 Å². The Kier molecular flexibility index (Phi) is 11.3. The van der Waals surface area contributed by atoms with E-state index in [2.05, 4.69) is 47.1 Å². The first kappa shape index (κ1) is 36.5. The van der Waals surface area contributed by atoms with Gasteiger partial charge in [0.2, 0.25) is 5.91 Å². The molecule has 1 atom stereocenters. The van der Waals surface area contributed by atoms with Crippen LogP contribution in [0.15, 0.2) is 56.3 Å². The number of rotatable bonds is 7. The number of likely N-dealkylation sites (tertiary alicyclic amines) is 3. The third kappa shape index (κ3) is 8.42. The maximum atomic E-state index is 14.0. The van der Waals surface area contributed by atoms with Crippen LogP contribution < -0.4 is 16.7 Å². The van der Waals surface area contributed by atoms with E-state index < -0.39 is 23.5 Å². The first-order valence-electron chi connectivity index (χ1n) is 17.2. The third-order valence-corrected chi connectivity index (χ3v) is 11.6. The summed E-state index contributed by atoms with van der Waals surface area (Å²) in [5, 5.41) is 3.03. The second-order valence-corrected chi connectivity index (χ2v) is 15.2. The molecule has 15 heteroatoms. The summed E-state index contributed by atoms with van der Waals surface area (Å²) in [6, 6.07) is 7.64. The van der Waals surface area contributed by atoms with Gasteiger partial charge < -0.3 is 30.7 Å². The predicted octanol–water partition coefficient (Wildman–Crippen LogP) is 6.40. The molecule has 1 aromatic heterocycles. The Morgan fingerprint density at radius 3 is 2.16 bits per heavy atom. The van der Waals surface area contributed by atoms with Gasteiger partial charge in [-0.2, -0.15) is 13.2 Å². The van der Waals surface area contributed by atoms with Crippen LogP contribution in [0, 0.1) is 0 Å². The fourth-order valence-corrected chi connectivity index (χ4v) is 8.71. The summed E-state index contributed by atoms with van der Waals surface area (Å²) in [4.78, 5) is 49.4. The van der Waals surface area contributed by atoms with E-state index in [9.17, 15) is 27.6 Å². The van der Waals surface area contributed by atoms with Gasteiger partial charge in [0.05, 0.1) is 16.9 Å². The second kappa shape index (κ2) is 15.5. The van der Waals surface area contributed by atoms with Gasteiger partial charge in [0.1, 0.15) is 6.04 Å². The van der Waals surface area contributed by atoms with E-state index in [4.69, 9.17) is 5.73 Å². The molecule has 0 aliphatic carbocycles. The number of nitrogen functional groups attached to an aromatic ring is 1. The van der Waals surface area contributed by atoms with Gasteiger partial charge in [0.15, 0.2) is 0 Å². The number of alkyl halides is 3. The van der Waals surface area contributed by atoms with Gasteiger partial charge in [0, 0.05) is 65.4 Å². The minimum absolute atomic E-state index is 0.115. The summed E-state index contributed by atoms with van der Waals surface area (Å²) in [5.74, 6) is -0.115. The van der Waals surface area contributed by atoms with Crippen LogP contribution in [0.4, 0.5) is 23.7 Å². The van der Waals surface area contributed by atoms with E-state index in [0.717, 1.165) is 43.6 Å². The topological polar surface area (TPSA) is 120 Å². The zero-order chi connectivity index (χ0) is 35.6. The number of hydrogen-bond acceptors (Lipinski definition) is 5. The minimum atomic E-state index is -4.50. The summed E-state index contributed by atoms with van der Waals surface area (Å²) < 4.78 is 42.7. The van der Waals surface area contributed by atoms with Crippen LogP contribution in [-0.4, -0.2) is 87.5 Å². The van der Waals surface area contributed by atoms with Crippen LogP contribution in [0.25, 0.3) is 11.3 Å². The molecule has 3 fully saturated rings. The molecule has 4 heterocycles. The van der Waals surface area contributed by atoms with Gasteiger partial charge in [-0.05, 0) is 113 Å². The largest absolute Gasteiger partial charge is 0.416 e. The number of carbonyl (C=O) groups is 2. The lowest BCUT2D eigenvalue weighted by molar-refractivity contribution is -0.137. The lowest BCUT2D eigenvalue weighted by Gasteiger charge is -2.41. The zero-order valence-electron chi connectivity index (χ0n) is 27.7. The Morgan fingerprint density at radius 2 is 1.52 bits per heavy atom. The molecule has 3 aliphatic heterocycles. The number of amides is 3. The number of nitrogens with two attached hydrogens (primary N) is 1. The van der Waals surface area contributed by atoms with E-state index >= 15 is 0 Å². The van der Waals surface area contributed by atoms with Crippen molar-refractivity contribution in [1.82, 2.24) is 29.6 Å². The second-order valence-electron chi connectivity index (χ2n) is 13.5. The number of hydrogen-bond donors (Lipinski definition) is 3. The average molecular weight is 826 g/mol. The molecule has 2 aromatic carbocycles. The molecule has 270 valence electrons.